The molecular formula is C25H27FN2O3S. The van der Waals surface area contributed by atoms with Crippen LogP contribution in [0.5, 0.6) is 11.5 Å². The van der Waals surface area contributed by atoms with Gasteiger partial charge >= 0.3 is 0 Å². The molecule has 3 aromatic rings. The topological polar surface area (TPSA) is 60.5 Å². The molecule has 0 unspecified atom stereocenters. The molecule has 7 heteroatoms. The Hall–Kier alpha value is -3.19. The number of carbonyl (C=O) groups is 1. The molecule has 0 spiro atoms. The quantitative estimate of drug-likeness (QED) is 0.281. The third-order valence-corrected chi connectivity index (χ3v) is 5.65. The van der Waals surface area contributed by atoms with Crippen LogP contribution in [0.15, 0.2) is 48.5 Å². The Morgan fingerprint density at radius 3 is 2.66 bits per heavy atom. The lowest BCUT2D eigenvalue weighted by Crippen LogP contribution is -2.07. The zero-order valence-corrected chi connectivity index (χ0v) is 19.3. The van der Waals surface area contributed by atoms with Gasteiger partial charge in [-0.3, -0.25) is 10.1 Å². The number of amides is 1. The van der Waals surface area contributed by atoms with Crippen LogP contribution in [0.2, 0.25) is 0 Å². The number of halogens is 1. The van der Waals surface area contributed by atoms with Crippen molar-refractivity contribution in [1.82, 2.24) is 4.98 Å². The second kappa shape index (κ2) is 11.4. The zero-order valence-electron chi connectivity index (χ0n) is 18.5. The van der Waals surface area contributed by atoms with Crippen LogP contribution in [-0.2, 0) is 4.79 Å². The highest BCUT2D eigenvalue weighted by atomic mass is 32.1. The summed E-state index contributed by atoms with van der Waals surface area (Å²) in [5.41, 5.74) is 2.36. The first-order valence-corrected chi connectivity index (χ1v) is 11.3. The number of nitrogens with one attached hydrogen (secondary N) is 1. The number of anilines is 1. The van der Waals surface area contributed by atoms with Crippen molar-refractivity contribution < 1.29 is 18.7 Å². The van der Waals surface area contributed by atoms with E-state index in [4.69, 9.17) is 9.47 Å². The Balaban J connectivity index is 1.63. The van der Waals surface area contributed by atoms with Crippen LogP contribution in [0.3, 0.4) is 0 Å². The van der Waals surface area contributed by atoms with Gasteiger partial charge in [0.1, 0.15) is 5.82 Å². The molecule has 0 bridgehead atoms. The molecule has 2 aromatic carbocycles. The Kier molecular flexibility index (Phi) is 8.39. The number of benzene rings is 2. The van der Waals surface area contributed by atoms with Crippen LogP contribution >= 0.6 is 11.3 Å². The molecule has 32 heavy (non-hydrogen) atoms. The highest BCUT2D eigenvalue weighted by Crippen LogP contribution is 2.31. The molecule has 0 atom stereocenters. The minimum absolute atomic E-state index is 0.289. The first kappa shape index (κ1) is 23.5. The van der Waals surface area contributed by atoms with E-state index in [9.17, 15) is 9.18 Å². The van der Waals surface area contributed by atoms with Crippen LogP contribution in [-0.4, -0.2) is 24.6 Å². The summed E-state index contributed by atoms with van der Waals surface area (Å²) >= 11 is 1.38. The number of hydrogen-bond donors (Lipinski definition) is 1. The maximum Gasteiger partial charge on any atom is 0.250 e. The maximum absolute atomic E-state index is 13.2. The number of unbranched alkanes of at least 4 members (excludes halogenated alkanes) is 2. The van der Waals surface area contributed by atoms with Crippen LogP contribution in [0.1, 0.15) is 36.6 Å². The molecule has 1 N–H and O–H groups in total. The summed E-state index contributed by atoms with van der Waals surface area (Å²) in [5.74, 6) is 0.733. The van der Waals surface area contributed by atoms with E-state index in [1.165, 1.54) is 29.5 Å². The van der Waals surface area contributed by atoms with Crippen molar-refractivity contribution in [2.24, 2.45) is 0 Å². The third-order valence-electron chi connectivity index (χ3n) is 4.76. The SMILES string of the molecule is CCCCCOc1ccc(/C=C/C(=O)Nc2nc(-c3ccc(F)cc3)c(C)s2)cc1OC. The highest BCUT2D eigenvalue weighted by molar-refractivity contribution is 7.16. The number of aryl methyl sites for hydroxylation is 1. The highest BCUT2D eigenvalue weighted by Gasteiger charge is 2.11. The van der Waals surface area contributed by atoms with E-state index in [1.54, 1.807) is 25.3 Å². The first-order chi connectivity index (χ1) is 15.5. The lowest BCUT2D eigenvalue weighted by Gasteiger charge is -2.11. The molecule has 0 aliphatic rings. The van der Waals surface area contributed by atoms with Crippen molar-refractivity contribution in [2.45, 2.75) is 33.1 Å². The fraction of sp³-hybridized carbons (Fsp3) is 0.280. The summed E-state index contributed by atoms with van der Waals surface area (Å²) in [7, 11) is 1.60. The molecule has 1 amide bonds. The molecule has 0 saturated carbocycles. The Morgan fingerprint density at radius 2 is 1.94 bits per heavy atom. The van der Waals surface area contributed by atoms with E-state index in [1.807, 2.05) is 25.1 Å². The summed E-state index contributed by atoms with van der Waals surface area (Å²) in [6, 6.07) is 11.7. The van der Waals surface area contributed by atoms with Gasteiger partial charge in [0.15, 0.2) is 16.6 Å². The van der Waals surface area contributed by atoms with Crippen molar-refractivity contribution in [3.05, 3.63) is 64.8 Å². The molecule has 5 nitrogen and oxygen atoms in total. The fourth-order valence-electron chi connectivity index (χ4n) is 3.09. The second-order valence-corrected chi connectivity index (χ2v) is 8.42. The summed E-state index contributed by atoms with van der Waals surface area (Å²) < 4.78 is 24.4. The minimum atomic E-state index is -0.298. The fourth-order valence-corrected chi connectivity index (χ4v) is 3.92. The molecule has 0 fully saturated rings. The van der Waals surface area contributed by atoms with Crippen LogP contribution in [0.4, 0.5) is 9.52 Å². The standard InChI is InChI=1S/C25H27FN2O3S/c1-4-5-6-15-31-21-13-7-18(16-22(21)30-3)8-14-23(29)27-25-28-24(17(2)32-25)19-9-11-20(26)12-10-19/h7-14,16H,4-6,15H2,1-3H3,(H,27,28,29)/b14-8+. The van der Waals surface area contributed by atoms with Gasteiger partial charge in [-0.1, -0.05) is 25.8 Å². The average Bonchev–Trinajstić information content (AvgIpc) is 3.15. The number of thiazole rings is 1. The van der Waals surface area contributed by atoms with E-state index in [0.717, 1.165) is 41.0 Å². The molecule has 1 heterocycles. The molecule has 168 valence electrons. The van der Waals surface area contributed by atoms with Gasteiger partial charge in [0.2, 0.25) is 5.91 Å². The third kappa shape index (κ3) is 6.40. The van der Waals surface area contributed by atoms with Crippen molar-refractivity contribution in [3.63, 3.8) is 0 Å². The normalized spacial score (nSPS) is 11.0. The average molecular weight is 455 g/mol. The van der Waals surface area contributed by atoms with Gasteiger partial charge in [0.05, 0.1) is 19.4 Å². The summed E-state index contributed by atoms with van der Waals surface area (Å²) in [5, 5.41) is 3.28. The minimum Gasteiger partial charge on any atom is -0.493 e. The lowest BCUT2D eigenvalue weighted by atomic mass is 10.1. The molecule has 1 aromatic heterocycles. The number of methoxy groups -OCH3 is 1. The van der Waals surface area contributed by atoms with Gasteiger partial charge in [-0.25, -0.2) is 9.37 Å². The Morgan fingerprint density at radius 1 is 1.16 bits per heavy atom. The summed E-state index contributed by atoms with van der Waals surface area (Å²) in [6.45, 7) is 4.72. The number of hydrogen-bond acceptors (Lipinski definition) is 5. The van der Waals surface area contributed by atoms with Gasteiger partial charge in [0.25, 0.3) is 0 Å². The summed E-state index contributed by atoms with van der Waals surface area (Å²) in [4.78, 5) is 17.8. The number of rotatable bonds is 10. The van der Waals surface area contributed by atoms with Crippen molar-refractivity contribution in [2.75, 3.05) is 19.0 Å². The van der Waals surface area contributed by atoms with Crippen LogP contribution < -0.4 is 14.8 Å². The molecule has 0 saturated heterocycles. The summed E-state index contributed by atoms with van der Waals surface area (Å²) in [6.07, 6.45) is 6.42. The van der Waals surface area contributed by atoms with Crippen LogP contribution in [0.25, 0.3) is 17.3 Å². The number of carbonyl (C=O) groups excluding carboxylic acids is 1. The van der Waals surface area contributed by atoms with E-state index in [2.05, 4.69) is 17.2 Å². The van der Waals surface area contributed by atoms with Crippen molar-refractivity contribution in [3.8, 4) is 22.8 Å². The predicted molar refractivity (Wildman–Crippen MR) is 128 cm³/mol. The monoisotopic (exact) mass is 454 g/mol. The number of ether oxygens (including phenoxy) is 2. The first-order valence-electron chi connectivity index (χ1n) is 10.5. The second-order valence-electron chi connectivity index (χ2n) is 7.22. The van der Waals surface area contributed by atoms with E-state index >= 15 is 0 Å². The Bertz CT molecular complexity index is 1080. The van der Waals surface area contributed by atoms with E-state index in [0.29, 0.717) is 23.2 Å². The maximum atomic E-state index is 13.2. The number of aromatic nitrogens is 1. The predicted octanol–water partition coefficient (Wildman–Crippen LogP) is 6.49. The van der Waals surface area contributed by atoms with Crippen molar-refractivity contribution in [1.29, 1.82) is 0 Å². The van der Waals surface area contributed by atoms with E-state index < -0.39 is 0 Å². The van der Waals surface area contributed by atoms with Gasteiger partial charge in [-0.05, 0) is 61.4 Å². The molecular weight excluding hydrogens is 427 g/mol. The lowest BCUT2D eigenvalue weighted by molar-refractivity contribution is -0.111. The smallest absolute Gasteiger partial charge is 0.250 e. The number of nitrogens with zero attached hydrogens (tertiary/aromatic N) is 1. The van der Waals surface area contributed by atoms with Crippen molar-refractivity contribution >= 4 is 28.5 Å². The van der Waals surface area contributed by atoms with Crippen LogP contribution in [0, 0.1) is 12.7 Å². The molecule has 0 aliphatic heterocycles. The van der Waals surface area contributed by atoms with Gasteiger partial charge in [-0.15, -0.1) is 11.3 Å². The molecule has 3 rings (SSSR count). The molecule has 0 radical (unpaired) electrons. The van der Waals surface area contributed by atoms with Gasteiger partial charge < -0.3 is 9.47 Å². The largest absolute Gasteiger partial charge is 0.493 e. The molecule has 0 aliphatic carbocycles. The zero-order chi connectivity index (χ0) is 22.9. The van der Waals surface area contributed by atoms with Gasteiger partial charge in [0, 0.05) is 16.5 Å². The Labute approximate surface area is 191 Å². The van der Waals surface area contributed by atoms with E-state index in [-0.39, 0.29) is 11.7 Å². The van der Waals surface area contributed by atoms with Gasteiger partial charge in [-0.2, -0.15) is 0 Å².